The maximum Gasteiger partial charge on any atom is 0.191 e. The molecule has 0 amide bonds. The van der Waals surface area contributed by atoms with Crippen molar-refractivity contribution in [3.8, 4) is 11.5 Å². The van der Waals surface area contributed by atoms with Gasteiger partial charge in [-0.15, -0.1) is 24.0 Å². The van der Waals surface area contributed by atoms with Crippen LogP contribution in [0.5, 0.6) is 11.5 Å². The molecule has 0 fully saturated rings. The Kier molecular flexibility index (Phi) is 11.4. The lowest BCUT2D eigenvalue weighted by Crippen LogP contribution is -2.42. The Bertz CT molecular complexity index is 723. The largest absolute Gasteiger partial charge is 0.504 e. The number of phenols is 1. The molecule has 3 N–H and O–H groups in total. The Morgan fingerprint density at radius 1 is 1.11 bits per heavy atom. The summed E-state index contributed by atoms with van der Waals surface area (Å²) in [6.45, 7) is 5.73. The number of nitrogens with one attached hydrogen (secondary N) is 2. The zero-order valence-corrected chi connectivity index (χ0v) is 19.3. The van der Waals surface area contributed by atoms with Crippen LogP contribution in [-0.4, -0.2) is 37.3 Å². The van der Waals surface area contributed by atoms with Gasteiger partial charge in [0.1, 0.15) is 0 Å². The SMILES string of the molecule is CCNC(=NCCc1ccc(O)c(OC)c1)NC(C)CCc1ccccc1.I. The third-order valence-electron chi connectivity index (χ3n) is 4.35. The van der Waals surface area contributed by atoms with Crippen LogP contribution in [0, 0.1) is 0 Å². The molecule has 2 aromatic rings. The molecule has 6 heteroatoms. The van der Waals surface area contributed by atoms with Gasteiger partial charge in [-0.05, 0) is 56.4 Å². The molecular weight excluding hydrogens is 465 g/mol. The number of rotatable bonds is 9. The Labute approximate surface area is 185 Å². The van der Waals surface area contributed by atoms with Gasteiger partial charge >= 0.3 is 0 Å². The molecule has 0 spiro atoms. The van der Waals surface area contributed by atoms with Crippen LogP contribution >= 0.6 is 24.0 Å². The number of aryl methyl sites for hydroxylation is 1. The molecule has 154 valence electrons. The van der Waals surface area contributed by atoms with Crippen molar-refractivity contribution in [1.29, 1.82) is 0 Å². The molecule has 0 aliphatic rings. The van der Waals surface area contributed by atoms with E-state index in [4.69, 9.17) is 4.74 Å². The predicted molar refractivity (Wildman–Crippen MR) is 127 cm³/mol. The van der Waals surface area contributed by atoms with Crippen molar-refractivity contribution in [3.05, 3.63) is 59.7 Å². The Balaban J connectivity index is 0.00000392. The number of guanidine groups is 1. The quantitative estimate of drug-likeness (QED) is 0.277. The van der Waals surface area contributed by atoms with Crippen LogP contribution < -0.4 is 15.4 Å². The average molecular weight is 497 g/mol. The summed E-state index contributed by atoms with van der Waals surface area (Å²) in [7, 11) is 1.56. The number of hydrogen-bond acceptors (Lipinski definition) is 3. The molecule has 5 nitrogen and oxygen atoms in total. The second kappa shape index (κ2) is 13.3. The summed E-state index contributed by atoms with van der Waals surface area (Å²) < 4.78 is 5.16. The first-order valence-corrected chi connectivity index (χ1v) is 9.57. The number of hydrogen-bond donors (Lipinski definition) is 3. The zero-order valence-electron chi connectivity index (χ0n) is 16.9. The number of nitrogens with zero attached hydrogens (tertiary/aromatic N) is 1. The van der Waals surface area contributed by atoms with E-state index in [0.29, 0.717) is 18.3 Å². The highest BCUT2D eigenvalue weighted by atomic mass is 127. The Morgan fingerprint density at radius 3 is 2.54 bits per heavy atom. The molecule has 1 atom stereocenters. The molecule has 0 saturated heterocycles. The third kappa shape index (κ3) is 8.37. The van der Waals surface area contributed by atoms with E-state index in [1.807, 2.05) is 18.2 Å². The van der Waals surface area contributed by atoms with Gasteiger partial charge < -0.3 is 20.5 Å². The molecule has 0 bridgehead atoms. The summed E-state index contributed by atoms with van der Waals surface area (Å²) in [6.07, 6.45) is 2.87. The van der Waals surface area contributed by atoms with Crippen LogP contribution in [0.3, 0.4) is 0 Å². The van der Waals surface area contributed by atoms with E-state index >= 15 is 0 Å². The predicted octanol–water partition coefficient (Wildman–Crippen LogP) is 4.14. The topological polar surface area (TPSA) is 65.9 Å². The highest BCUT2D eigenvalue weighted by Gasteiger charge is 2.06. The monoisotopic (exact) mass is 497 g/mol. The van der Waals surface area contributed by atoms with Gasteiger partial charge in [-0.2, -0.15) is 0 Å². The maximum absolute atomic E-state index is 9.68. The number of aliphatic imine (C=N–C) groups is 1. The molecular formula is C22H32IN3O2. The fourth-order valence-corrected chi connectivity index (χ4v) is 2.83. The average Bonchev–Trinajstić information content (AvgIpc) is 2.68. The number of methoxy groups -OCH3 is 1. The van der Waals surface area contributed by atoms with Crippen LogP contribution in [0.1, 0.15) is 31.4 Å². The Hall–Kier alpha value is -1.96. The third-order valence-corrected chi connectivity index (χ3v) is 4.35. The molecule has 2 rings (SSSR count). The smallest absolute Gasteiger partial charge is 0.191 e. The van der Waals surface area contributed by atoms with E-state index in [9.17, 15) is 5.11 Å². The van der Waals surface area contributed by atoms with Gasteiger partial charge in [0.15, 0.2) is 17.5 Å². The van der Waals surface area contributed by atoms with Gasteiger partial charge in [-0.3, -0.25) is 4.99 Å². The first kappa shape index (κ1) is 24.1. The summed E-state index contributed by atoms with van der Waals surface area (Å²) in [5.74, 6) is 1.49. The molecule has 28 heavy (non-hydrogen) atoms. The van der Waals surface area contributed by atoms with E-state index in [-0.39, 0.29) is 29.7 Å². The van der Waals surface area contributed by atoms with Crippen molar-refractivity contribution >= 4 is 29.9 Å². The van der Waals surface area contributed by atoms with Gasteiger partial charge in [0, 0.05) is 19.1 Å². The minimum atomic E-state index is 0. The van der Waals surface area contributed by atoms with Crippen LogP contribution in [0.15, 0.2) is 53.5 Å². The molecule has 0 heterocycles. The number of ether oxygens (including phenoxy) is 1. The lowest BCUT2D eigenvalue weighted by atomic mass is 10.1. The lowest BCUT2D eigenvalue weighted by Gasteiger charge is -2.18. The molecule has 0 saturated carbocycles. The molecule has 0 aromatic heterocycles. The van der Waals surface area contributed by atoms with Gasteiger partial charge in [0.05, 0.1) is 7.11 Å². The van der Waals surface area contributed by atoms with Crippen molar-refractivity contribution in [1.82, 2.24) is 10.6 Å². The zero-order chi connectivity index (χ0) is 19.5. The fourth-order valence-electron chi connectivity index (χ4n) is 2.83. The summed E-state index contributed by atoms with van der Waals surface area (Å²) >= 11 is 0. The molecule has 0 aliphatic carbocycles. The number of aromatic hydroxyl groups is 1. The van der Waals surface area contributed by atoms with E-state index in [1.54, 1.807) is 13.2 Å². The van der Waals surface area contributed by atoms with Crippen molar-refractivity contribution in [3.63, 3.8) is 0 Å². The summed E-state index contributed by atoms with van der Waals surface area (Å²) in [4.78, 5) is 4.67. The highest BCUT2D eigenvalue weighted by Crippen LogP contribution is 2.26. The van der Waals surface area contributed by atoms with Crippen molar-refractivity contribution < 1.29 is 9.84 Å². The standard InChI is InChI=1S/C22H31N3O2.HI/c1-4-23-22(25-17(2)10-11-18-8-6-5-7-9-18)24-15-14-19-12-13-20(26)21(16-19)27-3;/h5-9,12-13,16-17,26H,4,10-11,14-15H2,1-3H3,(H2,23,24,25);1H. The molecule has 0 radical (unpaired) electrons. The minimum Gasteiger partial charge on any atom is -0.504 e. The van der Waals surface area contributed by atoms with Crippen LogP contribution in [0.25, 0.3) is 0 Å². The molecule has 2 aromatic carbocycles. The second-order valence-electron chi connectivity index (χ2n) is 6.59. The van der Waals surface area contributed by atoms with Crippen LogP contribution in [0.2, 0.25) is 0 Å². The van der Waals surface area contributed by atoms with Crippen molar-refractivity contribution in [2.75, 3.05) is 20.2 Å². The van der Waals surface area contributed by atoms with E-state index in [2.05, 4.69) is 53.7 Å². The second-order valence-corrected chi connectivity index (χ2v) is 6.59. The van der Waals surface area contributed by atoms with Crippen LogP contribution in [0.4, 0.5) is 0 Å². The van der Waals surface area contributed by atoms with E-state index < -0.39 is 0 Å². The molecule has 0 aliphatic heterocycles. The lowest BCUT2D eigenvalue weighted by molar-refractivity contribution is 0.373. The van der Waals surface area contributed by atoms with Crippen molar-refractivity contribution in [2.45, 2.75) is 39.2 Å². The fraction of sp³-hybridized carbons (Fsp3) is 0.409. The van der Waals surface area contributed by atoms with Gasteiger partial charge in [-0.1, -0.05) is 36.4 Å². The summed E-state index contributed by atoms with van der Waals surface area (Å²) in [5, 5.41) is 16.5. The molecule has 1 unspecified atom stereocenters. The van der Waals surface area contributed by atoms with Gasteiger partial charge in [0.25, 0.3) is 0 Å². The number of phenolic OH excluding ortho intramolecular Hbond substituents is 1. The summed E-state index contributed by atoms with van der Waals surface area (Å²) in [6, 6.07) is 16.3. The first-order chi connectivity index (χ1) is 13.1. The number of halogens is 1. The van der Waals surface area contributed by atoms with E-state index in [1.165, 1.54) is 5.56 Å². The highest BCUT2D eigenvalue weighted by molar-refractivity contribution is 14.0. The van der Waals surface area contributed by atoms with E-state index in [0.717, 1.165) is 37.3 Å². The number of benzene rings is 2. The van der Waals surface area contributed by atoms with Gasteiger partial charge in [0.2, 0.25) is 0 Å². The van der Waals surface area contributed by atoms with Crippen LogP contribution in [-0.2, 0) is 12.8 Å². The summed E-state index contributed by atoms with van der Waals surface area (Å²) in [5.41, 5.74) is 2.44. The minimum absolute atomic E-state index is 0. The van der Waals surface area contributed by atoms with Gasteiger partial charge in [-0.25, -0.2) is 0 Å². The normalized spacial score (nSPS) is 12.0. The van der Waals surface area contributed by atoms with Crippen molar-refractivity contribution in [2.24, 2.45) is 4.99 Å². The Morgan fingerprint density at radius 2 is 1.86 bits per heavy atom. The maximum atomic E-state index is 9.68. The first-order valence-electron chi connectivity index (χ1n) is 9.57.